The Morgan fingerprint density at radius 2 is 1.94 bits per heavy atom. The summed E-state index contributed by atoms with van der Waals surface area (Å²) in [6.07, 6.45) is 2.53. The molecule has 1 saturated heterocycles. The molecule has 1 aliphatic rings. The number of carbonyl (C=O) groups excluding carboxylic acids is 1. The molecular weight excluding hydrogens is 476 g/mol. The van der Waals surface area contributed by atoms with Crippen LogP contribution in [0.5, 0.6) is 0 Å². The third-order valence-electron chi connectivity index (χ3n) is 6.59. The second kappa shape index (κ2) is 12.0. The van der Waals surface area contributed by atoms with Crippen LogP contribution in [0.3, 0.4) is 0 Å². The monoisotopic (exact) mass is 510 g/mol. The van der Waals surface area contributed by atoms with E-state index in [-0.39, 0.29) is 23.8 Å². The summed E-state index contributed by atoms with van der Waals surface area (Å²) in [5, 5.41) is 5.10. The Morgan fingerprint density at radius 3 is 2.64 bits per heavy atom. The van der Waals surface area contributed by atoms with Crippen LogP contribution in [0.1, 0.15) is 45.0 Å². The van der Waals surface area contributed by atoms with Crippen LogP contribution in [-0.2, 0) is 22.4 Å². The van der Waals surface area contributed by atoms with Crippen LogP contribution in [-0.4, -0.2) is 57.4 Å². The third-order valence-corrected chi connectivity index (χ3v) is 6.83. The summed E-state index contributed by atoms with van der Waals surface area (Å²) in [5.41, 5.74) is 2.14. The molecule has 192 valence electrons. The zero-order chi connectivity index (χ0) is 25.7. The van der Waals surface area contributed by atoms with Gasteiger partial charge in [0.15, 0.2) is 0 Å². The number of rotatable bonds is 10. The van der Waals surface area contributed by atoms with E-state index >= 15 is 0 Å². The number of Topliss-reactive ketones (excluding diaryl/α,β-unsaturated/α-hetero) is 1. The quantitative estimate of drug-likeness (QED) is 0.402. The smallest absolute Gasteiger partial charge is 0.355 e. The van der Waals surface area contributed by atoms with Crippen molar-refractivity contribution in [3.63, 3.8) is 0 Å². The molecule has 4 rings (SSSR count). The normalized spacial score (nSPS) is 16.5. The van der Waals surface area contributed by atoms with E-state index in [1.54, 1.807) is 24.3 Å². The molecule has 1 fully saturated rings. The molecule has 0 amide bonds. The minimum absolute atomic E-state index is 0.0503. The predicted molar refractivity (Wildman–Crippen MR) is 143 cm³/mol. The van der Waals surface area contributed by atoms with E-state index in [2.05, 4.69) is 16.9 Å². The second-order valence-electron chi connectivity index (χ2n) is 9.83. The van der Waals surface area contributed by atoms with E-state index < -0.39 is 0 Å². The minimum atomic E-state index is -0.323. The van der Waals surface area contributed by atoms with Gasteiger partial charge in [0.2, 0.25) is 0 Å². The van der Waals surface area contributed by atoms with Gasteiger partial charge in [0.1, 0.15) is 11.6 Å². The molecule has 0 spiro atoms. The molecule has 0 aliphatic carbocycles. The lowest BCUT2D eigenvalue weighted by molar-refractivity contribution is -0.119. The summed E-state index contributed by atoms with van der Waals surface area (Å²) in [4.78, 5) is 28.6. The first kappa shape index (κ1) is 26.3. The maximum atomic E-state index is 13.5. The lowest BCUT2D eigenvalue weighted by atomic mass is 10.1. The van der Waals surface area contributed by atoms with Crippen molar-refractivity contribution in [2.45, 2.75) is 52.5 Å². The molecule has 0 radical (unpaired) electrons. The zero-order valence-electron chi connectivity index (χ0n) is 21.3. The Hall–Kier alpha value is -2.74. The molecule has 0 N–H and O–H groups in total. The van der Waals surface area contributed by atoms with E-state index in [0.29, 0.717) is 34.7 Å². The number of ether oxygens (including phenoxy) is 1. The topological polar surface area (TPSA) is 69.4 Å². The summed E-state index contributed by atoms with van der Waals surface area (Å²) < 4.78 is 8.47. The Kier molecular flexibility index (Phi) is 8.77. The number of morpholine rings is 1. The van der Waals surface area contributed by atoms with Gasteiger partial charge >= 0.3 is 5.69 Å². The summed E-state index contributed by atoms with van der Waals surface area (Å²) in [6.45, 7) is 9.74. The van der Waals surface area contributed by atoms with Gasteiger partial charge < -0.3 is 4.74 Å². The molecule has 1 unspecified atom stereocenters. The molecule has 3 aromatic rings. The number of hydrogen-bond acceptors (Lipinski definition) is 5. The summed E-state index contributed by atoms with van der Waals surface area (Å²) in [6, 6.07) is 15.5. The Balaban J connectivity index is 1.58. The number of aromatic nitrogens is 3. The third kappa shape index (κ3) is 6.33. The molecule has 7 nitrogen and oxygen atoms in total. The Morgan fingerprint density at radius 1 is 1.17 bits per heavy atom. The van der Waals surface area contributed by atoms with Crippen LogP contribution in [0, 0.1) is 5.92 Å². The zero-order valence-corrected chi connectivity index (χ0v) is 22.1. The Bertz CT molecular complexity index is 1230. The first-order valence-electron chi connectivity index (χ1n) is 12.8. The fourth-order valence-electron chi connectivity index (χ4n) is 4.71. The highest BCUT2D eigenvalue weighted by molar-refractivity contribution is 6.30. The molecule has 2 aromatic carbocycles. The van der Waals surface area contributed by atoms with E-state index in [9.17, 15) is 9.59 Å². The summed E-state index contributed by atoms with van der Waals surface area (Å²) in [7, 11) is 0. The van der Waals surface area contributed by atoms with Gasteiger partial charge in [-0.15, -0.1) is 5.10 Å². The Labute approximate surface area is 217 Å². The molecule has 1 atom stereocenters. The fourth-order valence-corrected chi connectivity index (χ4v) is 4.89. The number of benzene rings is 2. The largest absolute Gasteiger partial charge is 0.378 e. The SMILES string of the molecule is CCC1COCCN1CCc1ccc(-n2nc(CC(=O)CC(C)C)n(-c3cccc(Cl)c3)c2=O)cc1. The van der Waals surface area contributed by atoms with Crippen molar-refractivity contribution in [3.05, 3.63) is 75.4 Å². The van der Waals surface area contributed by atoms with Crippen LogP contribution in [0.15, 0.2) is 53.3 Å². The molecule has 1 aliphatic heterocycles. The van der Waals surface area contributed by atoms with Crippen molar-refractivity contribution < 1.29 is 9.53 Å². The van der Waals surface area contributed by atoms with E-state index in [1.807, 2.05) is 38.1 Å². The first-order valence-corrected chi connectivity index (χ1v) is 13.1. The maximum Gasteiger partial charge on any atom is 0.355 e. The highest BCUT2D eigenvalue weighted by atomic mass is 35.5. The molecule has 1 aromatic heterocycles. The average molecular weight is 511 g/mol. The van der Waals surface area contributed by atoms with Gasteiger partial charge in [0.25, 0.3) is 0 Å². The molecule has 0 saturated carbocycles. The van der Waals surface area contributed by atoms with Gasteiger partial charge in [0.05, 0.1) is 31.0 Å². The van der Waals surface area contributed by atoms with Crippen molar-refractivity contribution in [3.8, 4) is 11.4 Å². The number of hydrogen-bond donors (Lipinski definition) is 0. The number of nitrogens with zero attached hydrogens (tertiary/aromatic N) is 4. The van der Waals surface area contributed by atoms with E-state index in [0.717, 1.165) is 39.1 Å². The van der Waals surface area contributed by atoms with Crippen LogP contribution >= 0.6 is 11.6 Å². The fraction of sp³-hybridized carbons (Fsp3) is 0.464. The van der Waals surface area contributed by atoms with E-state index in [4.69, 9.17) is 16.3 Å². The summed E-state index contributed by atoms with van der Waals surface area (Å²) in [5.74, 6) is 0.702. The van der Waals surface area contributed by atoms with Gasteiger partial charge in [-0.1, -0.05) is 50.6 Å². The highest BCUT2D eigenvalue weighted by Gasteiger charge is 2.22. The second-order valence-corrected chi connectivity index (χ2v) is 10.3. The van der Waals surface area contributed by atoms with Gasteiger partial charge in [-0.05, 0) is 54.7 Å². The number of carbonyl (C=O) groups is 1. The standard InChI is InChI=1S/C28H35ClN4O3/c1-4-23-19-36-15-14-31(23)13-12-21-8-10-24(11-9-21)33-28(35)32(25-7-5-6-22(29)17-25)27(30-33)18-26(34)16-20(2)3/h5-11,17,20,23H,4,12-16,18-19H2,1-3H3. The molecule has 2 heterocycles. The average Bonchev–Trinajstić information content (AvgIpc) is 3.18. The van der Waals surface area contributed by atoms with Gasteiger partial charge in [-0.3, -0.25) is 9.69 Å². The predicted octanol–water partition coefficient (Wildman–Crippen LogP) is 4.49. The van der Waals surface area contributed by atoms with Crippen molar-refractivity contribution in [1.29, 1.82) is 0 Å². The highest BCUT2D eigenvalue weighted by Crippen LogP contribution is 2.18. The number of halogens is 1. The lowest BCUT2D eigenvalue weighted by Gasteiger charge is -2.35. The van der Waals surface area contributed by atoms with Crippen LogP contribution in [0.25, 0.3) is 11.4 Å². The molecule has 8 heteroatoms. The van der Waals surface area contributed by atoms with Crippen LogP contribution in [0.2, 0.25) is 5.02 Å². The molecule has 0 bridgehead atoms. The van der Waals surface area contributed by atoms with E-state index in [1.165, 1.54) is 14.8 Å². The summed E-state index contributed by atoms with van der Waals surface area (Å²) >= 11 is 6.20. The van der Waals surface area contributed by atoms with Gasteiger partial charge in [-0.2, -0.15) is 4.68 Å². The van der Waals surface area contributed by atoms with Crippen molar-refractivity contribution >= 4 is 17.4 Å². The van der Waals surface area contributed by atoms with Crippen molar-refractivity contribution in [1.82, 2.24) is 19.2 Å². The van der Waals surface area contributed by atoms with Crippen LogP contribution in [0.4, 0.5) is 0 Å². The number of ketones is 1. The van der Waals surface area contributed by atoms with Gasteiger partial charge in [0, 0.05) is 30.6 Å². The van der Waals surface area contributed by atoms with Gasteiger partial charge in [-0.25, -0.2) is 9.36 Å². The molecule has 36 heavy (non-hydrogen) atoms. The minimum Gasteiger partial charge on any atom is -0.378 e. The van der Waals surface area contributed by atoms with Crippen molar-refractivity contribution in [2.24, 2.45) is 5.92 Å². The first-order chi connectivity index (χ1) is 17.4. The molecular formula is C28H35ClN4O3. The van der Waals surface area contributed by atoms with Crippen molar-refractivity contribution in [2.75, 3.05) is 26.3 Å². The lowest BCUT2D eigenvalue weighted by Crippen LogP contribution is -2.45. The van der Waals surface area contributed by atoms with Crippen LogP contribution < -0.4 is 5.69 Å². The maximum absolute atomic E-state index is 13.5.